The van der Waals surface area contributed by atoms with E-state index in [1.165, 1.54) is 4.91 Å². The van der Waals surface area contributed by atoms with Crippen molar-refractivity contribution in [1.29, 1.82) is 0 Å². The Hall–Kier alpha value is 0.230. The number of halogens is 1. The average Bonchev–Trinajstić information content (AvgIpc) is 1.97. The number of hydrogen-bond acceptors (Lipinski definition) is 2. The van der Waals surface area contributed by atoms with Gasteiger partial charge in [-0.2, -0.15) is 0 Å². The van der Waals surface area contributed by atoms with Crippen molar-refractivity contribution in [3.8, 4) is 0 Å². The first-order valence-corrected chi connectivity index (χ1v) is 5.44. The lowest BCUT2D eigenvalue weighted by Crippen LogP contribution is -1.86. The van der Waals surface area contributed by atoms with E-state index in [1.807, 2.05) is 11.6 Å². The van der Waals surface area contributed by atoms with Crippen molar-refractivity contribution in [2.75, 3.05) is 0 Å². The highest BCUT2D eigenvalue weighted by Gasteiger charge is 1.99. The molecule has 0 atom stereocenters. The Labute approximate surface area is 86.2 Å². The van der Waals surface area contributed by atoms with E-state index in [0.717, 1.165) is 0 Å². The van der Waals surface area contributed by atoms with Gasteiger partial charge in [0.15, 0.2) is 0 Å². The molecule has 3 heteroatoms. The van der Waals surface area contributed by atoms with Gasteiger partial charge in [0.05, 0.1) is 4.22 Å². The van der Waals surface area contributed by atoms with E-state index in [4.69, 9.17) is 0 Å². The minimum atomic E-state index is 0.526. The van der Waals surface area contributed by atoms with Crippen LogP contribution in [0.15, 0.2) is 28.1 Å². The van der Waals surface area contributed by atoms with E-state index >= 15 is 0 Å². The lowest BCUT2D eigenvalue weighted by Gasteiger charge is -2.05. The second-order valence-corrected chi connectivity index (χ2v) is 3.81. The van der Waals surface area contributed by atoms with Crippen molar-refractivity contribution in [3.05, 3.63) is 23.1 Å². The molecular formula is C8H12INS. The lowest BCUT2D eigenvalue weighted by molar-refractivity contribution is 0.815. The van der Waals surface area contributed by atoms with Gasteiger partial charge < -0.3 is 0 Å². The molecule has 0 N–H and O–H groups in total. The zero-order valence-electron chi connectivity index (χ0n) is 6.75. The molecule has 0 bridgehead atoms. The summed E-state index contributed by atoms with van der Waals surface area (Å²) in [6.45, 7) is 7.95. The van der Waals surface area contributed by atoms with Crippen LogP contribution in [0.1, 0.15) is 13.8 Å². The van der Waals surface area contributed by atoms with Crippen molar-refractivity contribution in [2.45, 2.75) is 13.8 Å². The van der Waals surface area contributed by atoms with Gasteiger partial charge in [-0.1, -0.05) is 20.4 Å². The number of hydrogen-bond donors (Lipinski definition) is 0. The van der Waals surface area contributed by atoms with E-state index in [-0.39, 0.29) is 0 Å². The standard InChI is InChI=1S/C8H12INS/c1-4-11-8(7(2)3)5-10-6-9/h4-7H,1H2,2-3H3/b8-5-,10-6+. The minimum absolute atomic E-state index is 0.526. The van der Waals surface area contributed by atoms with Gasteiger partial charge in [-0.25, -0.2) is 0 Å². The smallest absolute Gasteiger partial charge is 0.0651 e. The Kier molecular flexibility index (Phi) is 7.06. The summed E-state index contributed by atoms with van der Waals surface area (Å²) in [5.41, 5.74) is 0. The molecule has 0 aliphatic heterocycles. The van der Waals surface area contributed by atoms with E-state index in [1.54, 1.807) is 16.0 Å². The van der Waals surface area contributed by atoms with Crippen LogP contribution in [0.25, 0.3) is 0 Å². The van der Waals surface area contributed by atoms with Crippen molar-refractivity contribution in [2.24, 2.45) is 10.9 Å². The van der Waals surface area contributed by atoms with Gasteiger partial charge in [-0.3, -0.25) is 4.99 Å². The molecule has 0 rings (SSSR count). The van der Waals surface area contributed by atoms with Crippen molar-refractivity contribution >= 4 is 38.6 Å². The van der Waals surface area contributed by atoms with Gasteiger partial charge in [-0.05, 0) is 33.9 Å². The molecule has 0 radical (unpaired) electrons. The maximum Gasteiger partial charge on any atom is 0.0651 e. The largest absolute Gasteiger partial charge is 0.257 e. The Morgan fingerprint density at radius 2 is 2.27 bits per heavy atom. The molecule has 0 unspecified atom stereocenters. The minimum Gasteiger partial charge on any atom is -0.257 e. The summed E-state index contributed by atoms with van der Waals surface area (Å²) in [5, 5.41) is 1.83. The van der Waals surface area contributed by atoms with Gasteiger partial charge in [0, 0.05) is 11.1 Å². The second-order valence-electron chi connectivity index (χ2n) is 2.22. The molecule has 11 heavy (non-hydrogen) atoms. The molecule has 0 fully saturated rings. The van der Waals surface area contributed by atoms with E-state index in [2.05, 4.69) is 48.0 Å². The quantitative estimate of drug-likeness (QED) is 0.563. The molecule has 0 aliphatic carbocycles. The molecule has 62 valence electrons. The van der Waals surface area contributed by atoms with Gasteiger partial charge in [-0.15, -0.1) is 11.8 Å². The Morgan fingerprint density at radius 1 is 1.64 bits per heavy atom. The van der Waals surface area contributed by atoms with Crippen LogP contribution in [0.2, 0.25) is 0 Å². The maximum atomic E-state index is 4.04. The highest BCUT2D eigenvalue weighted by atomic mass is 127. The van der Waals surface area contributed by atoms with E-state index in [9.17, 15) is 0 Å². The van der Waals surface area contributed by atoms with Crippen LogP contribution in [-0.4, -0.2) is 4.22 Å². The van der Waals surface area contributed by atoms with Gasteiger partial charge in [0.1, 0.15) is 0 Å². The van der Waals surface area contributed by atoms with E-state index < -0.39 is 0 Å². The third-order valence-electron chi connectivity index (χ3n) is 1.05. The fourth-order valence-corrected chi connectivity index (χ4v) is 1.26. The fourth-order valence-electron chi connectivity index (χ4n) is 0.513. The topological polar surface area (TPSA) is 12.4 Å². The third kappa shape index (κ3) is 5.49. The van der Waals surface area contributed by atoms with Crippen LogP contribution in [-0.2, 0) is 0 Å². The number of allylic oxidation sites excluding steroid dienone is 1. The zero-order chi connectivity index (χ0) is 8.69. The molecule has 0 spiro atoms. The van der Waals surface area contributed by atoms with Crippen molar-refractivity contribution in [3.63, 3.8) is 0 Å². The first kappa shape index (κ1) is 11.2. The predicted octanol–water partition coefficient (Wildman–Crippen LogP) is 3.82. The molecular weight excluding hydrogens is 269 g/mol. The first-order chi connectivity index (χ1) is 5.22. The van der Waals surface area contributed by atoms with Gasteiger partial charge in [0.25, 0.3) is 0 Å². The first-order valence-electron chi connectivity index (χ1n) is 3.31. The van der Waals surface area contributed by atoms with Crippen LogP contribution >= 0.6 is 34.4 Å². The number of aliphatic imine (C=N–C) groups is 1. The predicted molar refractivity (Wildman–Crippen MR) is 63.2 cm³/mol. The monoisotopic (exact) mass is 281 g/mol. The lowest BCUT2D eigenvalue weighted by atomic mass is 10.2. The molecule has 0 aliphatic rings. The summed E-state index contributed by atoms with van der Waals surface area (Å²) in [7, 11) is 0. The summed E-state index contributed by atoms with van der Waals surface area (Å²) in [5.74, 6) is 0.526. The highest BCUT2D eigenvalue weighted by Crippen LogP contribution is 2.24. The molecule has 0 aromatic carbocycles. The van der Waals surface area contributed by atoms with Crippen LogP contribution < -0.4 is 0 Å². The van der Waals surface area contributed by atoms with E-state index in [0.29, 0.717) is 5.92 Å². The van der Waals surface area contributed by atoms with Gasteiger partial charge in [0.2, 0.25) is 0 Å². The normalized spacial score (nSPS) is 12.9. The molecule has 1 nitrogen and oxygen atoms in total. The molecule has 0 amide bonds. The number of rotatable bonds is 4. The summed E-state index contributed by atoms with van der Waals surface area (Å²) in [6.07, 6.45) is 1.88. The Morgan fingerprint density at radius 3 is 2.64 bits per heavy atom. The van der Waals surface area contributed by atoms with Gasteiger partial charge >= 0.3 is 0 Å². The molecule has 0 aromatic heterocycles. The van der Waals surface area contributed by atoms with Crippen LogP contribution in [0, 0.1) is 5.92 Å². The summed E-state index contributed by atoms with van der Waals surface area (Å²) < 4.78 is 1.75. The van der Waals surface area contributed by atoms with Crippen LogP contribution in [0.5, 0.6) is 0 Å². The van der Waals surface area contributed by atoms with Crippen molar-refractivity contribution in [1.82, 2.24) is 0 Å². The van der Waals surface area contributed by atoms with Crippen LogP contribution in [0.3, 0.4) is 0 Å². The van der Waals surface area contributed by atoms with Crippen LogP contribution in [0.4, 0.5) is 0 Å². The Bertz CT molecular complexity index is 173. The molecule has 0 saturated heterocycles. The molecule has 0 saturated carbocycles. The highest BCUT2D eigenvalue weighted by molar-refractivity contribution is 14.1. The SMILES string of the molecule is C=CS/C(=C\N=C\I)C(C)C. The molecule has 0 aromatic rings. The number of thioether (sulfide) groups is 1. The second kappa shape index (κ2) is 6.91. The van der Waals surface area contributed by atoms with Crippen molar-refractivity contribution < 1.29 is 0 Å². The summed E-state index contributed by atoms with van der Waals surface area (Å²) in [4.78, 5) is 5.29. The third-order valence-corrected chi connectivity index (χ3v) is 2.38. The summed E-state index contributed by atoms with van der Waals surface area (Å²) in [6, 6.07) is 0. The maximum absolute atomic E-state index is 4.04. The average molecular weight is 281 g/mol. The molecule has 0 heterocycles. The summed E-state index contributed by atoms with van der Waals surface area (Å²) >= 11 is 3.73. The Balaban J connectivity index is 4.18. The zero-order valence-corrected chi connectivity index (χ0v) is 9.72. The fraction of sp³-hybridized carbons (Fsp3) is 0.375. The number of nitrogens with zero attached hydrogens (tertiary/aromatic N) is 1.